The molecule has 1 spiro atoms. The Morgan fingerprint density at radius 2 is 1.75 bits per heavy atom. The maximum absolute atomic E-state index is 12.7. The predicted molar refractivity (Wildman–Crippen MR) is 125 cm³/mol. The van der Waals surface area contributed by atoms with E-state index >= 15 is 0 Å². The molecule has 162 valence electrons. The number of anilines is 1. The summed E-state index contributed by atoms with van der Waals surface area (Å²) in [6.07, 6.45) is 6.26. The molecule has 7 heteroatoms. The Bertz CT molecular complexity index is 1230. The zero-order valence-electron chi connectivity index (χ0n) is 17.4. The van der Waals surface area contributed by atoms with Crippen molar-refractivity contribution in [3.63, 3.8) is 0 Å². The van der Waals surface area contributed by atoms with Gasteiger partial charge in [-0.2, -0.15) is 0 Å². The highest BCUT2D eigenvalue weighted by molar-refractivity contribution is 6.39. The maximum Gasteiger partial charge on any atom is 0.255 e. The van der Waals surface area contributed by atoms with Crippen molar-refractivity contribution in [3.05, 3.63) is 75.5 Å². The van der Waals surface area contributed by atoms with Gasteiger partial charge in [0.25, 0.3) is 5.91 Å². The molecule has 1 aromatic heterocycles. The summed E-state index contributed by atoms with van der Waals surface area (Å²) in [6.45, 7) is 1.98. The molecule has 1 saturated carbocycles. The van der Waals surface area contributed by atoms with Gasteiger partial charge in [0.2, 0.25) is 0 Å². The number of pyridine rings is 1. The molecule has 1 N–H and O–H groups in total. The van der Waals surface area contributed by atoms with Gasteiger partial charge in [-0.05, 0) is 67.1 Å². The minimum atomic E-state index is -0.324. The molecular formula is C25H20Cl2N2O3. The number of hydrogen-bond donors (Lipinski definition) is 1. The average Bonchev–Trinajstić information content (AvgIpc) is 2.75. The SMILES string of the molecule is Cc1cc2c(cc1-c1ccc(C(=O)Nc3c(Cl)cncc3Cl)cc1)OC1(CCC1)CC2=O. The van der Waals surface area contributed by atoms with Gasteiger partial charge in [-0.1, -0.05) is 35.3 Å². The number of Topliss-reactive ketones (excluding diaryl/α,β-unsaturated/α-hetero) is 1. The van der Waals surface area contributed by atoms with Crippen LogP contribution in [-0.4, -0.2) is 22.3 Å². The smallest absolute Gasteiger partial charge is 0.255 e. The quantitative estimate of drug-likeness (QED) is 0.477. The molecule has 3 aromatic rings. The number of aryl methyl sites for hydroxylation is 1. The summed E-state index contributed by atoms with van der Waals surface area (Å²) in [5.41, 5.74) is 4.03. The summed E-state index contributed by atoms with van der Waals surface area (Å²) < 4.78 is 6.28. The van der Waals surface area contributed by atoms with E-state index in [4.69, 9.17) is 27.9 Å². The molecule has 1 fully saturated rings. The molecule has 0 bridgehead atoms. The minimum Gasteiger partial charge on any atom is -0.486 e. The van der Waals surface area contributed by atoms with E-state index in [1.165, 1.54) is 12.4 Å². The first-order chi connectivity index (χ1) is 15.3. The Kier molecular flexibility index (Phi) is 5.19. The van der Waals surface area contributed by atoms with E-state index in [2.05, 4.69) is 10.3 Å². The monoisotopic (exact) mass is 466 g/mol. The fraction of sp³-hybridized carbons (Fsp3) is 0.240. The van der Waals surface area contributed by atoms with Crippen LogP contribution in [-0.2, 0) is 0 Å². The summed E-state index contributed by atoms with van der Waals surface area (Å²) in [6, 6.07) is 11.1. The van der Waals surface area contributed by atoms with Crippen LogP contribution in [0.4, 0.5) is 5.69 Å². The van der Waals surface area contributed by atoms with Gasteiger partial charge in [0.15, 0.2) is 5.78 Å². The first kappa shape index (κ1) is 21.0. The molecule has 0 unspecified atom stereocenters. The summed E-state index contributed by atoms with van der Waals surface area (Å²) in [5, 5.41) is 3.27. The molecule has 1 amide bonds. The topological polar surface area (TPSA) is 68.3 Å². The molecule has 32 heavy (non-hydrogen) atoms. The van der Waals surface area contributed by atoms with Gasteiger partial charge in [-0.25, -0.2) is 0 Å². The predicted octanol–water partition coefficient (Wildman–Crippen LogP) is 6.50. The van der Waals surface area contributed by atoms with Gasteiger partial charge < -0.3 is 10.1 Å². The first-order valence-corrected chi connectivity index (χ1v) is 11.2. The zero-order valence-corrected chi connectivity index (χ0v) is 18.9. The van der Waals surface area contributed by atoms with E-state index in [1.54, 1.807) is 12.1 Å². The number of halogens is 2. The Morgan fingerprint density at radius 3 is 2.38 bits per heavy atom. The van der Waals surface area contributed by atoms with E-state index in [0.29, 0.717) is 29.0 Å². The van der Waals surface area contributed by atoms with Gasteiger partial charge in [0.1, 0.15) is 11.4 Å². The lowest BCUT2D eigenvalue weighted by Gasteiger charge is -2.44. The fourth-order valence-electron chi connectivity index (χ4n) is 4.33. The van der Waals surface area contributed by atoms with Crippen molar-refractivity contribution in [3.8, 4) is 16.9 Å². The number of carbonyl (C=O) groups excluding carboxylic acids is 2. The number of ketones is 1. The zero-order chi connectivity index (χ0) is 22.5. The number of fused-ring (bicyclic) bond motifs is 1. The van der Waals surface area contributed by atoms with Crippen LogP contribution in [0.2, 0.25) is 10.0 Å². The third-order valence-corrected chi connectivity index (χ3v) is 6.82. The molecule has 2 heterocycles. The normalized spacial score (nSPS) is 16.2. The van der Waals surface area contributed by atoms with E-state index in [9.17, 15) is 9.59 Å². The van der Waals surface area contributed by atoms with Crippen LogP contribution in [0, 0.1) is 6.92 Å². The molecule has 2 aliphatic rings. The first-order valence-electron chi connectivity index (χ1n) is 10.4. The van der Waals surface area contributed by atoms with Gasteiger partial charge in [-0.3, -0.25) is 14.6 Å². The number of hydrogen-bond acceptors (Lipinski definition) is 4. The summed E-state index contributed by atoms with van der Waals surface area (Å²) in [7, 11) is 0. The highest BCUT2D eigenvalue weighted by atomic mass is 35.5. The Morgan fingerprint density at radius 1 is 1.06 bits per heavy atom. The second-order valence-corrected chi connectivity index (χ2v) is 9.23. The van der Waals surface area contributed by atoms with Crippen LogP contribution in [0.15, 0.2) is 48.8 Å². The van der Waals surface area contributed by atoms with Gasteiger partial charge in [0, 0.05) is 18.0 Å². The lowest BCUT2D eigenvalue weighted by atomic mass is 9.74. The van der Waals surface area contributed by atoms with Crippen LogP contribution >= 0.6 is 23.2 Å². The molecule has 1 aliphatic carbocycles. The second kappa shape index (κ2) is 7.91. The molecular weight excluding hydrogens is 447 g/mol. The van der Waals surface area contributed by atoms with Gasteiger partial charge >= 0.3 is 0 Å². The molecule has 0 saturated heterocycles. The second-order valence-electron chi connectivity index (χ2n) is 8.41. The summed E-state index contributed by atoms with van der Waals surface area (Å²) >= 11 is 12.2. The van der Waals surface area contributed by atoms with Gasteiger partial charge in [-0.15, -0.1) is 0 Å². The molecule has 1 aliphatic heterocycles. The number of benzene rings is 2. The number of amides is 1. The van der Waals surface area contributed by atoms with Crippen LogP contribution < -0.4 is 10.1 Å². The molecule has 0 atom stereocenters. The molecule has 5 rings (SSSR count). The Labute approximate surface area is 195 Å². The van der Waals surface area contributed by atoms with Crippen LogP contribution in [0.25, 0.3) is 11.1 Å². The van der Waals surface area contributed by atoms with Crippen molar-refractivity contribution in [1.82, 2.24) is 4.98 Å². The Balaban J connectivity index is 1.41. The fourth-order valence-corrected chi connectivity index (χ4v) is 4.79. The lowest BCUT2D eigenvalue weighted by molar-refractivity contribution is -0.0177. The standard InChI is InChI=1S/C25H20Cl2N2O3/c1-14-9-18-21(30)11-25(7-2-8-25)32-22(18)10-17(14)15-3-5-16(6-4-15)24(31)29-23-19(26)12-28-13-20(23)27/h3-6,9-10,12-13H,2,7-8,11H2,1H3,(H,28,29,31). The third-order valence-electron chi connectivity index (χ3n) is 6.25. The van der Waals surface area contributed by atoms with Crippen molar-refractivity contribution in [2.24, 2.45) is 0 Å². The number of nitrogens with zero attached hydrogens (tertiary/aromatic N) is 1. The maximum atomic E-state index is 12.7. The molecule has 5 nitrogen and oxygen atoms in total. The number of ether oxygens (including phenoxy) is 1. The number of aromatic nitrogens is 1. The summed E-state index contributed by atoms with van der Waals surface area (Å²) in [5.74, 6) is 0.487. The van der Waals surface area contributed by atoms with Crippen molar-refractivity contribution in [2.75, 3.05) is 5.32 Å². The van der Waals surface area contributed by atoms with E-state index in [0.717, 1.165) is 36.0 Å². The lowest BCUT2D eigenvalue weighted by Crippen LogP contribution is -2.47. The molecule has 0 radical (unpaired) electrons. The number of carbonyl (C=O) groups is 2. The van der Waals surface area contributed by atoms with Crippen molar-refractivity contribution < 1.29 is 14.3 Å². The van der Waals surface area contributed by atoms with Crippen LogP contribution in [0.3, 0.4) is 0 Å². The number of nitrogens with one attached hydrogen (secondary N) is 1. The van der Waals surface area contributed by atoms with Crippen molar-refractivity contribution >= 4 is 40.6 Å². The largest absolute Gasteiger partial charge is 0.486 e. The average molecular weight is 467 g/mol. The van der Waals surface area contributed by atoms with E-state index in [1.807, 2.05) is 31.2 Å². The van der Waals surface area contributed by atoms with Crippen molar-refractivity contribution in [1.29, 1.82) is 0 Å². The summed E-state index contributed by atoms with van der Waals surface area (Å²) in [4.78, 5) is 29.2. The van der Waals surface area contributed by atoms with Crippen LogP contribution in [0.1, 0.15) is 52.0 Å². The highest BCUT2D eigenvalue weighted by Gasteiger charge is 2.45. The Hall–Kier alpha value is -2.89. The molecule has 2 aromatic carbocycles. The third kappa shape index (κ3) is 3.65. The number of rotatable bonds is 3. The highest BCUT2D eigenvalue weighted by Crippen LogP contribution is 2.46. The minimum absolute atomic E-state index is 0.154. The van der Waals surface area contributed by atoms with Crippen LogP contribution in [0.5, 0.6) is 5.75 Å². The van der Waals surface area contributed by atoms with Gasteiger partial charge in [0.05, 0.1) is 27.7 Å². The van der Waals surface area contributed by atoms with E-state index < -0.39 is 0 Å². The van der Waals surface area contributed by atoms with Crippen molar-refractivity contribution in [2.45, 2.75) is 38.2 Å². The van der Waals surface area contributed by atoms with E-state index in [-0.39, 0.29) is 27.3 Å².